The number of aromatic nitrogens is 4. The van der Waals surface area contributed by atoms with Gasteiger partial charge in [-0.2, -0.15) is 0 Å². The van der Waals surface area contributed by atoms with Crippen LogP contribution in [0.1, 0.15) is 18.3 Å². The molecule has 0 spiro atoms. The van der Waals surface area contributed by atoms with Crippen molar-refractivity contribution in [3.8, 4) is 0 Å². The highest BCUT2D eigenvalue weighted by Gasteiger charge is 2.22. The summed E-state index contributed by atoms with van der Waals surface area (Å²) in [7, 11) is 5.11. The molecule has 0 aliphatic carbocycles. The third kappa shape index (κ3) is 3.72. The SMILES string of the molecule is C[C@H](O)Cn1c(C[NH+](C)Cc2ccccc2)nc2c1c(=O)n(C)c(=O)n2C. The molecule has 1 unspecified atom stereocenters. The van der Waals surface area contributed by atoms with E-state index in [0.717, 1.165) is 11.1 Å². The quantitative estimate of drug-likeness (QED) is 0.583. The molecule has 8 heteroatoms. The molecule has 3 aromatic rings. The van der Waals surface area contributed by atoms with E-state index < -0.39 is 17.4 Å². The van der Waals surface area contributed by atoms with Crippen LogP contribution in [0.5, 0.6) is 0 Å². The van der Waals surface area contributed by atoms with Crippen LogP contribution >= 0.6 is 0 Å². The maximum Gasteiger partial charge on any atom is 0.332 e. The van der Waals surface area contributed by atoms with Crippen LogP contribution in [-0.4, -0.2) is 36.9 Å². The van der Waals surface area contributed by atoms with Crippen molar-refractivity contribution in [1.29, 1.82) is 0 Å². The average Bonchev–Trinajstić information content (AvgIpc) is 2.96. The molecular formula is C19H26N5O3+. The summed E-state index contributed by atoms with van der Waals surface area (Å²) in [6.07, 6.45) is -0.641. The minimum atomic E-state index is -0.641. The molecule has 3 rings (SSSR count). The maximum absolute atomic E-state index is 12.7. The number of aliphatic hydroxyl groups excluding tert-OH is 1. The zero-order valence-electron chi connectivity index (χ0n) is 16.1. The molecule has 2 N–H and O–H groups in total. The van der Waals surface area contributed by atoms with Gasteiger partial charge in [-0.1, -0.05) is 30.3 Å². The lowest BCUT2D eigenvalue weighted by molar-refractivity contribution is -0.908. The molecule has 0 saturated heterocycles. The lowest BCUT2D eigenvalue weighted by atomic mass is 10.2. The van der Waals surface area contributed by atoms with E-state index in [2.05, 4.69) is 24.2 Å². The van der Waals surface area contributed by atoms with E-state index in [1.807, 2.05) is 18.2 Å². The Bertz CT molecular complexity index is 1060. The lowest BCUT2D eigenvalue weighted by Crippen LogP contribution is -3.06. The number of quaternary nitrogens is 1. The predicted molar refractivity (Wildman–Crippen MR) is 103 cm³/mol. The highest BCUT2D eigenvalue weighted by Crippen LogP contribution is 2.11. The summed E-state index contributed by atoms with van der Waals surface area (Å²) in [5.74, 6) is 0.678. The van der Waals surface area contributed by atoms with Crippen molar-refractivity contribution >= 4 is 11.2 Å². The van der Waals surface area contributed by atoms with Crippen LogP contribution < -0.4 is 16.1 Å². The predicted octanol–water partition coefficient (Wildman–Crippen LogP) is -0.971. The molecule has 0 radical (unpaired) electrons. The van der Waals surface area contributed by atoms with Crippen molar-refractivity contribution in [1.82, 2.24) is 18.7 Å². The first-order chi connectivity index (χ1) is 12.8. The van der Waals surface area contributed by atoms with Gasteiger partial charge in [-0.3, -0.25) is 13.9 Å². The highest BCUT2D eigenvalue weighted by atomic mass is 16.3. The van der Waals surface area contributed by atoms with Gasteiger partial charge in [0.2, 0.25) is 0 Å². The van der Waals surface area contributed by atoms with Gasteiger partial charge in [-0.25, -0.2) is 9.78 Å². The number of hydrogen-bond donors (Lipinski definition) is 2. The largest absolute Gasteiger partial charge is 0.392 e. The average molecular weight is 372 g/mol. The van der Waals surface area contributed by atoms with E-state index in [-0.39, 0.29) is 6.54 Å². The van der Waals surface area contributed by atoms with Gasteiger partial charge in [-0.05, 0) is 6.92 Å². The molecule has 1 aromatic carbocycles. The molecule has 27 heavy (non-hydrogen) atoms. The van der Waals surface area contributed by atoms with E-state index in [0.29, 0.717) is 23.5 Å². The summed E-state index contributed by atoms with van der Waals surface area (Å²) < 4.78 is 4.20. The van der Waals surface area contributed by atoms with Crippen molar-refractivity contribution in [3.63, 3.8) is 0 Å². The van der Waals surface area contributed by atoms with Gasteiger partial charge < -0.3 is 14.6 Å². The number of hydrogen-bond acceptors (Lipinski definition) is 4. The Morgan fingerprint density at radius 2 is 1.78 bits per heavy atom. The maximum atomic E-state index is 12.7. The number of aliphatic hydroxyl groups is 1. The number of nitrogens with one attached hydrogen (secondary N) is 1. The lowest BCUT2D eigenvalue weighted by Gasteiger charge is -2.16. The van der Waals surface area contributed by atoms with E-state index in [1.165, 1.54) is 22.1 Å². The smallest absolute Gasteiger partial charge is 0.332 e. The normalized spacial score (nSPS) is 13.8. The van der Waals surface area contributed by atoms with Gasteiger partial charge in [0.15, 0.2) is 17.0 Å². The third-order valence-corrected chi connectivity index (χ3v) is 4.68. The number of nitrogens with zero attached hydrogens (tertiary/aromatic N) is 4. The van der Waals surface area contributed by atoms with Crippen LogP contribution in [0.2, 0.25) is 0 Å². The fraction of sp³-hybridized carbons (Fsp3) is 0.421. The van der Waals surface area contributed by atoms with E-state index in [9.17, 15) is 14.7 Å². The summed E-state index contributed by atoms with van der Waals surface area (Å²) in [5.41, 5.74) is 1.10. The van der Waals surface area contributed by atoms with E-state index in [4.69, 9.17) is 0 Å². The summed E-state index contributed by atoms with van der Waals surface area (Å²) >= 11 is 0. The second-order valence-electron chi connectivity index (χ2n) is 7.16. The van der Waals surface area contributed by atoms with Gasteiger partial charge in [0.25, 0.3) is 5.56 Å². The molecule has 0 aliphatic rings. The summed E-state index contributed by atoms with van der Waals surface area (Å²) in [4.78, 5) is 30.7. The minimum Gasteiger partial charge on any atom is -0.392 e. The Morgan fingerprint density at radius 1 is 1.11 bits per heavy atom. The van der Waals surface area contributed by atoms with Gasteiger partial charge >= 0.3 is 5.69 Å². The molecule has 144 valence electrons. The molecular weight excluding hydrogens is 346 g/mol. The number of rotatable bonds is 6. The molecule has 0 amide bonds. The van der Waals surface area contributed by atoms with Crippen molar-refractivity contribution in [3.05, 3.63) is 62.6 Å². The first kappa shape index (κ1) is 19.1. The Kier molecular flexibility index (Phi) is 5.29. The molecule has 0 aliphatic heterocycles. The highest BCUT2D eigenvalue weighted by molar-refractivity contribution is 5.71. The number of aryl methyl sites for hydroxylation is 1. The van der Waals surface area contributed by atoms with Crippen molar-refractivity contribution in [2.45, 2.75) is 32.7 Å². The first-order valence-corrected chi connectivity index (χ1v) is 8.98. The molecule has 0 fully saturated rings. The van der Waals surface area contributed by atoms with Crippen molar-refractivity contribution < 1.29 is 10.0 Å². The Morgan fingerprint density at radius 3 is 2.41 bits per heavy atom. The fourth-order valence-electron chi connectivity index (χ4n) is 3.36. The summed E-state index contributed by atoms with van der Waals surface area (Å²) in [5, 5.41) is 9.93. The zero-order chi connectivity index (χ0) is 19.7. The minimum absolute atomic E-state index is 0.248. The standard InChI is InChI=1S/C19H25N5O3/c1-13(25)10-24-15(12-21(2)11-14-8-6-5-7-9-14)20-17-16(24)18(26)23(4)19(27)22(17)3/h5-9,13,25H,10-12H2,1-4H3/p+1/t13-/m0/s1. The van der Waals surface area contributed by atoms with Gasteiger partial charge in [0, 0.05) is 19.7 Å². The number of fused-ring (bicyclic) bond motifs is 1. The van der Waals surface area contributed by atoms with Crippen LogP contribution in [0.3, 0.4) is 0 Å². The van der Waals surface area contributed by atoms with Crippen LogP contribution in [-0.2, 0) is 33.7 Å². The van der Waals surface area contributed by atoms with Crippen molar-refractivity contribution in [2.75, 3.05) is 7.05 Å². The Balaban J connectivity index is 2.06. The Hall–Kier alpha value is -2.71. The number of benzene rings is 1. The van der Waals surface area contributed by atoms with Gasteiger partial charge in [0.05, 0.1) is 19.7 Å². The molecule has 2 heterocycles. The van der Waals surface area contributed by atoms with Crippen LogP contribution in [0, 0.1) is 0 Å². The number of imidazole rings is 1. The third-order valence-electron chi connectivity index (χ3n) is 4.68. The van der Waals surface area contributed by atoms with Crippen LogP contribution in [0.25, 0.3) is 11.2 Å². The van der Waals surface area contributed by atoms with E-state index >= 15 is 0 Å². The first-order valence-electron chi connectivity index (χ1n) is 8.98. The van der Waals surface area contributed by atoms with E-state index in [1.54, 1.807) is 18.5 Å². The second-order valence-corrected chi connectivity index (χ2v) is 7.16. The molecule has 8 nitrogen and oxygen atoms in total. The van der Waals surface area contributed by atoms with Gasteiger partial charge in [-0.15, -0.1) is 0 Å². The van der Waals surface area contributed by atoms with Crippen molar-refractivity contribution in [2.24, 2.45) is 14.1 Å². The second kappa shape index (κ2) is 7.50. The summed E-state index contributed by atoms with van der Waals surface area (Å²) in [6, 6.07) is 10.1. The summed E-state index contributed by atoms with van der Waals surface area (Å²) in [6.45, 7) is 3.28. The molecule has 2 atom stereocenters. The van der Waals surface area contributed by atoms with Gasteiger partial charge in [0.1, 0.15) is 13.1 Å². The topological polar surface area (TPSA) is 86.5 Å². The molecule has 2 aromatic heterocycles. The van der Waals surface area contributed by atoms with Crippen LogP contribution in [0.15, 0.2) is 39.9 Å². The monoisotopic (exact) mass is 372 g/mol. The zero-order valence-corrected chi connectivity index (χ0v) is 16.1. The Labute approximate surface area is 156 Å². The molecule has 0 saturated carbocycles. The molecule has 0 bridgehead atoms. The van der Waals surface area contributed by atoms with Crippen LogP contribution in [0.4, 0.5) is 0 Å². The fourth-order valence-corrected chi connectivity index (χ4v) is 3.36.